The topological polar surface area (TPSA) is 63.7 Å². The summed E-state index contributed by atoms with van der Waals surface area (Å²) in [7, 11) is 4.86. The van der Waals surface area contributed by atoms with Gasteiger partial charge in [-0.25, -0.2) is 0 Å². The number of hydrogen-bond acceptors (Lipinski definition) is 5. The number of ether oxygens (including phenoxy) is 1. The highest BCUT2D eigenvalue weighted by molar-refractivity contribution is 6.12. The molecule has 0 aromatic carbocycles. The van der Waals surface area contributed by atoms with Gasteiger partial charge in [-0.05, 0) is 20.0 Å². The minimum atomic E-state index is -0.789. The van der Waals surface area contributed by atoms with Gasteiger partial charge in [-0.3, -0.25) is 14.4 Å². The van der Waals surface area contributed by atoms with Crippen molar-refractivity contribution in [1.29, 1.82) is 0 Å². The molecule has 1 aliphatic carbocycles. The quantitative estimate of drug-likeness (QED) is 0.519. The Bertz CT molecular complexity index is 337. The highest BCUT2D eigenvalue weighted by Gasteiger charge is 2.45. The molecule has 0 radical (unpaired) electrons. The Balaban J connectivity index is 2.91. The van der Waals surface area contributed by atoms with Crippen LogP contribution in [0.1, 0.15) is 13.3 Å². The third-order valence-corrected chi connectivity index (χ3v) is 3.13. The van der Waals surface area contributed by atoms with E-state index in [-0.39, 0.29) is 23.9 Å². The standard InChI is InChI=1S/C12H19NO4/c1-7-5-9(14)8(6-13(2)3)11(15)10(7)12(16)17-4/h7-8,10H,5-6H2,1-4H3. The van der Waals surface area contributed by atoms with Gasteiger partial charge in [0.1, 0.15) is 11.7 Å². The second-order valence-corrected chi connectivity index (χ2v) is 4.87. The zero-order chi connectivity index (χ0) is 13.2. The molecule has 0 N–H and O–H groups in total. The molecule has 0 heterocycles. The lowest BCUT2D eigenvalue weighted by molar-refractivity contribution is -0.156. The minimum Gasteiger partial charge on any atom is -0.468 e. The summed E-state index contributed by atoms with van der Waals surface area (Å²) in [5.41, 5.74) is 0. The molecular formula is C12H19NO4. The Kier molecular flexibility index (Phi) is 4.40. The third-order valence-electron chi connectivity index (χ3n) is 3.13. The molecule has 5 heteroatoms. The van der Waals surface area contributed by atoms with E-state index in [0.717, 1.165) is 0 Å². The predicted molar refractivity (Wildman–Crippen MR) is 61.3 cm³/mol. The molecule has 96 valence electrons. The molecule has 17 heavy (non-hydrogen) atoms. The van der Waals surface area contributed by atoms with E-state index in [1.165, 1.54) is 7.11 Å². The molecule has 1 aliphatic rings. The third kappa shape index (κ3) is 2.91. The molecule has 0 spiro atoms. The lowest BCUT2D eigenvalue weighted by Crippen LogP contribution is -2.47. The predicted octanol–water partition coefficient (Wildman–Crippen LogP) is 0.131. The molecule has 1 fully saturated rings. The summed E-state index contributed by atoms with van der Waals surface area (Å²) in [6, 6.07) is 0. The number of esters is 1. The maximum Gasteiger partial charge on any atom is 0.316 e. The number of Topliss-reactive ketones (excluding diaryl/α,β-unsaturated/α-hetero) is 2. The molecule has 1 rings (SSSR count). The summed E-state index contributed by atoms with van der Waals surface area (Å²) in [4.78, 5) is 37.3. The van der Waals surface area contributed by atoms with Gasteiger partial charge in [0.15, 0.2) is 5.78 Å². The second-order valence-electron chi connectivity index (χ2n) is 4.87. The summed E-state index contributed by atoms with van der Waals surface area (Å²) in [6.07, 6.45) is 0.268. The van der Waals surface area contributed by atoms with E-state index in [9.17, 15) is 14.4 Å². The van der Waals surface area contributed by atoms with Gasteiger partial charge in [0.2, 0.25) is 0 Å². The van der Waals surface area contributed by atoms with Gasteiger partial charge in [-0.2, -0.15) is 0 Å². The monoisotopic (exact) mass is 241 g/mol. The molecule has 0 aromatic heterocycles. The maximum atomic E-state index is 12.1. The molecule has 0 amide bonds. The number of hydrogen-bond donors (Lipinski definition) is 0. The molecule has 3 atom stereocenters. The van der Waals surface area contributed by atoms with E-state index in [0.29, 0.717) is 6.54 Å². The average Bonchev–Trinajstić information content (AvgIpc) is 2.23. The van der Waals surface area contributed by atoms with Gasteiger partial charge >= 0.3 is 5.97 Å². The fourth-order valence-electron chi connectivity index (χ4n) is 2.27. The first kappa shape index (κ1) is 13.8. The minimum absolute atomic E-state index is 0.0728. The van der Waals surface area contributed by atoms with Crippen LogP contribution in [-0.2, 0) is 19.1 Å². The normalized spacial score (nSPS) is 29.6. The highest BCUT2D eigenvalue weighted by Crippen LogP contribution is 2.29. The largest absolute Gasteiger partial charge is 0.468 e. The van der Waals surface area contributed by atoms with Gasteiger partial charge < -0.3 is 9.64 Å². The fourth-order valence-corrected chi connectivity index (χ4v) is 2.27. The first-order chi connectivity index (χ1) is 7.88. The Labute approximate surface area is 101 Å². The van der Waals surface area contributed by atoms with Crippen LogP contribution in [0.2, 0.25) is 0 Å². The SMILES string of the molecule is COC(=O)C1C(=O)C(CN(C)C)C(=O)CC1C. The summed E-state index contributed by atoms with van der Waals surface area (Å²) >= 11 is 0. The Morgan fingerprint density at radius 3 is 2.47 bits per heavy atom. The van der Waals surface area contributed by atoms with E-state index in [2.05, 4.69) is 4.74 Å². The van der Waals surface area contributed by atoms with Gasteiger partial charge in [0, 0.05) is 13.0 Å². The van der Waals surface area contributed by atoms with Crippen molar-refractivity contribution in [2.24, 2.45) is 17.8 Å². The molecule has 5 nitrogen and oxygen atoms in total. The molecule has 0 bridgehead atoms. The van der Waals surface area contributed by atoms with E-state index in [1.807, 2.05) is 0 Å². The number of nitrogens with zero attached hydrogens (tertiary/aromatic N) is 1. The summed E-state index contributed by atoms with van der Waals surface area (Å²) in [5.74, 6) is -2.64. The van der Waals surface area contributed by atoms with Crippen molar-refractivity contribution in [3.8, 4) is 0 Å². The first-order valence-corrected chi connectivity index (χ1v) is 5.67. The molecular weight excluding hydrogens is 222 g/mol. The van der Waals surface area contributed by atoms with Crippen LogP contribution in [0.3, 0.4) is 0 Å². The van der Waals surface area contributed by atoms with Crippen LogP contribution < -0.4 is 0 Å². The van der Waals surface area contributed by atoms with Crippen LogP contribution in [0.15, 0.2) is 0 Å². The molecule has 0 aliphatic heterocycles. The number of methoxy groups -OCH3 is 1. The van der Waals surface area contributed by atoms with Crippen molar-refractivity contribution < 1.29 is 19.1 Å². The lowest BCUT2D eigenvalue weighted by Gasteiger charge is -2.31. The van der Waals surface area contributed by atoms with Gasteiger partial charge in [0.25, 0.3) is 0 Å². The van der Waals surface area contributed by atoms with Gasteiger partial charge in [0.05, 0.1) is 13.0 Å². The number of carbonyl (C=O) groups excluding carboxylic acids is 3. The Morgan fingerprint density at radius 1 is 1.41 bits per heavy atom. The maximum absolute atomic E-state index is 12.1. The van der Waals surface area contributed by atoms with Crippen molar-refractivity contribution in [1.82, 2.24) is 4.90 Å². The summed E-state index contributed by atoms with van der Waals surface area (Å²) in [5, 5.41) is 0. The Hall–Kier alpha value is -1.23. The highest BCUT2D eigenvalue weighted by atomic mass is 16.5. The smallest absolute Gasteiger partial charge is 0.316 e. The van der Waals surface area contributed by atoms with Crippen molar-refractivity contribution >= 4 is 17.5 Å². The zero-order valence-electron chi connectivity index (χ0n) is 10.7. The van der Waals surface area contributed by atoms with Crippen LogP contribution in [0.5, 0.6) is 0 Å². The summed E-state index contributed by atoms with van der Waals surface area (Å²) in [6.45, 7) is 2.10. The van der Waals surface area contributed by atoms with Crippen LogP contribution in [0, 0.1) is 17.8 Å². The average molecular weight is 241 g/mol. The van der Waals surface area contributed by atoms with Crippen molar-refractivity contribution in [2.75, 3.05) is 27.7 Å². The van der Waals surface area contributed by atoms with Crippen molar-refractivity contribution in [2.45, 2.75) is 13.3 Å². The lowest BCUT2D eigenvalue weighted by atomic mass is 9.73. The molecule has 3 unspecified atom stereocenters. The second kappa shape index (κ2) is 5.40. The molecule has 0 aromatic rings. The van der Waals surface area contributed by atoms with Crippen LogP contribution in [0.25, 0.3) is 0 Å². The van der Waals surface area contributed by atoms with Crippen molar-refractivity contribution in [3.05, 3.63) is 0 Å². The van der Waals surface area contributed by atoms with Gasteiger partial charge in [-0.15, -0.1) is 0 Å². The van der Waals surface area contributed by atoms with E-state index >= 15 is 0 Å². The van der Waals surface area contributed by atoms with Crippen LogP contribution in [0.4, 0.5) is 0 Å². The first-order valence-electron chi connectivity index (χ1n) is 5.67. The number of rotatable bonds is 3. The van der Waals surface area contributed by atoms with E-state index in [4.69, 9.17) is 0 Å². The molecule has 0 saturated heterocycles. The zero-order valence-corrected chi connectivity index (χ0v) is 10.7. The Morgan fingerprint density at radius 2 is 2.00 bits per heavy atom. The summed E-state index contributed by atoms with van der Waals surface area (Å²) < 4.78 is 4.63. The number of carbonyl (C=O) groups is 3. The van der Waals surface area contributed by atoms with Crippen molar-refractivity contribution in [3.63, 3.8) is 0 Å². The molecule has 1 saturated carbocycles. The van der Waals surface area contributed by atoms with E-state index in [1.54, 1.807) is 25.9 Å². The van der Waals surface area contributed by atoms with Crippen LogP contribution in [-0.4, -0.2) is 50.2 Å². The van der Waals surface area contributed by atoms with E-state index < -0.39 is 17.8 Å². The fraction of sp³-hybridized carbons (Fsp3) is 0.750. The van der Waals surface area contributed by atoms with Gasteiger partial charge in [-0.1, -0.05) is 6.92 Å². The van der Waals surface area contributed by atoms with Crippen LogP contribution >= 0.6 is 0 Å². The number of ketones is 2.